The first kappa shape index (κ1) is 17.4. The van der Waals surface area contributed by atoms with Crippen molar-refractivity contribution in [1.82, 2.24) is 4.90 Å². The third-order valence-electron chi connectivity index (χ3n) is 4.34. The van der Waals surface area contributed by atoms with Crippen molar-refractivity contribution in [2.24, 2.45) is 0 Å². The first-order valence-corrected chi connectivity index (χ1v) is 8.65. The van der Waals surface area contributed by atoms with Gasteiger partial charge in [0, 0.05) is 43.0 Å². The van der Waals surface area contributed by atoms with Crippen LogP contribution >= 0.6 is 11.6 Å². The normalized spacial score (nSPS) is 14.8. The molecule has 1 amide bonds. The van der Waals surface area contributed by atoms with Crippen molar-refractivity contribution in [3.63, 3.8) is 0 Å². The van der Waals surface area contributed by atoms with Gasteiger partial charge in [0.15, 0.2) is 0 Å². The highest BCUT2D eigenvalue weighted by molar-refractivity contribution is 6.32. The predicted octanol–water partition coefficient (Wildman–Crippen LogP) is 3.71. The van der Waals surface area contributed by atoms with Crippen molar-refractivity contribution in [3.05, 3.63) is 65.2 Å². The minimum absolute atomic E-state index is 0.0225. The summed E-state index contributed by atoms with van der Waals surface area (Å²) in [4.78, 5) is 16.5. The van der Waals surface area contributed by atoms with Gasteiger partial charge in [0.25, 0.3) is 0 Å². The largest absolute Gasteiger partial charge is 0.497 e. The Hall–Kier alpha value is -2.46. The minimum atomic E-state index is 0.0225. The third-order valence-corrected chi connectivity index (χ3v) is 4.68. The molecule has 130 valence electrons. The number of ether oxygens (including phenoxy) is 1. The molecular weight excluding hydrogens is 336 g/mol. The van der Waals surface area contributed by atoms with E-state index in [9.17, 15) is 4.79 Å². The Balaban J connectivity index is 1.56. The lowest BCUT2D eigenvalue weighted by molar-refractivity contribution is -0.126. The third kappa shape index (κ3) is 4.34. The number of benzene rings is 2. The molecule has 0 atom stereocenters. The average Bonchev–Trinajstić information content (AvgIpc) is 2.67. The van der Waals surface area contributed by atoms with Gasteiger partial charge in [-0.3, -0.25) is 4.79 Å². The van der Waals surface area contributed by atoms with Crippen LogP contribution in [0.15, 0.2) is 54.6 Å². The Labute approximate surface area is 153 Å². The molecule has 1 saturated heterocycles. The average molecular weight is 357 g/mol. The number of halogens is 1. The second kappa shape index (κ2) is 8.08. The van der Waals surface area contributed by atoms with Gasteiger partial charge in [0.2, 0.25) is 5.91 Å². The van der Waals surface area contributed by atoms with Crippen molar-refractivity contribution in [1.29, 1.82) is 0 Å². The molecule has 3 rings (SSSR count). The summed E-state index contributed by atoms with van der Waals surface area (Å²) in [6.45, 7) is 3.05. The van der Waals surface area contributed by atoms with Gasteiger partial charge < -0.3 is 14.5 Å². The molecule has 1 aliphatic rings. The topological polar surface area (TPSA) is 32.8 Å². The maximum atomic E-state index is 12.4. The number of methoxy groups -OCH3 is 1. The molecule has 0 aromatic heterocycles. The second-order valence-electron chi connectivity index (χ2n) is 5.87. The Bertz CT molecular complexity index is 751. The minimum Gasteiger partial charge on any atom is -0.497 e. The van der Waals surface area contributed by atoms with Crippen molar-refractivity contribution < 1.29 is 9.53 Å². The summed E-state index contributed by atoms with van der Waals surface area (Å²) < 4.78 is 5.19. The summed E-state index contributed by atoms with van der Waals surface area (Å²) in [6, 6.07) is 15.5. The maximum absolute atomic E-state index is 12.4. The van der Waals surface area contributed by atoms with Crippen LogP contribution in [0.2, 0.25) is 5.02 Å². The van der Waals surface area contributed by atoms with E-state index in [-0.39, 0.29) is 5.91 Å². The number of nitrogens with zero attached hydrogens (tertiary/aromatic N) is 2. The van der Waals surface area contributed by atoms with E-state index in [0.717, 1.165) is 30.1 Å². The molecule has 0 unspecified atom stereocenters. The van der Waals surface area contributed by atoms with Crippen LogP contribution < -0.4 is 9.64 Å². The number of amides is 1. The van der Waals surface area contributed by atoms with Crippen molar-refractivity contribution >= 4 is 29.3 Å². The fraction of sp³-hybridized carbons (Fsp3) is 0.250. The summed E-state index contributed by atoms with van der Waals surface area (Å²) in [7, 11) is 1.66. The zero-order valence-corrected chi connectivity index (χ0v) is 14.9. The van der Waals surface area contributed by atoms with Crippen molar-refractivity contribution in [3.8, 4) is 5.75 Å². The van der Waals surface area contributed by atoms with Gasteiger partial charge >= 0.3 is 0 Å². The van der Waals surface area contributed by atoms with E-state index in [1.165, 1.54) is 0 Å². The summed E-state index contributed by atoms with van der Waals surface area (Å²) in [5.41, 5.74) is 2.01. The monoisotopic (exact) mass is 356 g/mol. The van der Waals surface area contributed by atoms with E-state index in [0.29, 0.717) is 18.1 Å². The van der Waals surface area contributed by atoms with Crippen LogP contribution in [-0.2, 0) is 4.79 Å². The molecule has 0 N–H and O–H groups in total. The van der Waals surface area contributed by atoms with Gasteiger partial charge in [0.1, 0.15) is 5.75 Å². The van der Waals surface area contributed by atoms with E-state index in [2.05, 4.69) is 4.90 Å². The molecule has 25 heavy (non-hydrogen) atoms. The number of carbonyl (C=O) groups excluding carboxylic acids is 1. The molecule has 0 bridgehead atoms. The molecule has 1 heterocycles. The fourth-order valence-electron chi connectivity index (χ4n) is 2.85. The van der Waals surface area contributed by atoms with Crippen LogP contribution in [-0.4, -0.2) is 44.1 Å². The van der Waals surface area contributed by atoms with Crippen molar-refractivity contribution in [2.75, 3.05) is 38.2 Å². The molecule has 2 aromatic rings. The molecule has 0 aliphatic carbocycles. The fourth-order valence-corrected chi connectivity index (χ4v) is 3.05. The molecule has 2 aromatic carbocycles. The van der Waals surface area contributed by atoms with Crippen LogP contribution in [0, 0.1) is 0 Å². The quantitative estimate of drug-likeness (QED) is 0.783. The van der Waals surface area contributed by atoms with E-state index in [1.807, 2.05) is 53.4 Å². The summed E-state index contributed by atoms with van der Waals surface area (Å²) >= 11 is 6.11. The lowest BCUT2D eigenvalue weighted by Gasteiger charge is -2.35. The lowest BCUT2D eigenvalue weighted by Crippen LogP contribution is -2.48. The molecular formula is C20H21ClN2O2. The van der Waals surface area contributed by atoms with E-state index >= 15 is 0 Å². The molecule has 4 nitrogen and oxygen atoms in total. The summed E-state index contributed by atoms with van der Waals surface area (Å²) in [6.07, 6.45) is 3.38. The first-order valence-electron chi connectivity index (χ1n) is 8.28. The Morgan fingerprint density at radius 1 is 1.04 bits per heavy atom. The number of carbonyl (C=O) groups is 1. The molecule has 5 heteroatoms. The van der Waals surface area contributed by atoms with E-state index < -0.39 is 0 Å². The number of anilines is 1. The van der Waals surface area contributed by atoms with E-state index in [4.69, 9.17) is 16.3 Å². The Kier molecular flexibility index (Phi) is 5.61. The van der Waals surface area contributed by atoms with Crippen LogP contribution in [0.3, 0.4) is 0 Å². The molecule has 0 spiro atoms. The lowest BCUT2D eigenvalue weighted by atomic mass is 10.2. The smallest absolute Gasteiger partial charge is 0.246 e. The van der Waals surface area contributed by atoms with Gasteiger partial charge in [-0.05, 0) is 42.0 Å². The Morgan fingerprint density at radius 3 is 2.36 bits per heavy atom. The van der Waals surface area contributed by atoms with E-state index in [1.54, 1.807) is 19.3 Å². The molecule has 1 aliphatic heterocycles. The predicted molar refractivity (Wildman–Crippen MR) is 102 cm³/mol. The zero-order valence-electron chi connectivity index (χ0n) is 14.2. The van der Waals surface area contributed by atoms with Gasteiger partial charge in [0.05, 0.1) is 7.11 Å². The molecule has 0 radical (unpaired) electrons. The standard InChI is InChI=1S/C20H21ClN2O2/c1-25-18-9-7-17(8-10-18)22-12-14-23(15-13-22)20(24)11-6-16-4-2-3-5-19(16)21/h2-11H,12-15H2,1H3. The highest BCUT2D eigenvalue weighted by Crippen LogP contribution is 2.21. The van der Waals surface area contributed by atoms with Gasteiger partial charge in [-0.2, -0.15) is 0 Å². The number of piperazine rings is 1. The second-order valence-corrected chi connectivity index (χ2v) is 6.27. The molecule has 1 fully saturated rings. The van der Waals surface area contributed by atoms with Crippen LogP contribution in [0.1, 0.15) is 5.56 Å². The SMILES string of the molecule is COc1ccc(N2CCN(C(=O)C=Cc3ccccc3Cl)CC2)cc1. The van der Waals surface area contributed by atoms with Gasteiger partial charge in [-0.25, -0.2) is 0 Å². The zero-order chi connectivity index (χ0) is 17.6. The van der Waals surface area contributed by atoms with Gasteiger partial charge in [-0.15, -0.1) is 0 Å². The number of rotatable bonds is 4. The van der Waals surface area contributed by atoms with Crippen LogP contribution in [0.5, 0.6) is 5.75 Å². The molecule has 0 saturated carbocycles. The van der Waals surface area contributed by atoms with Gasteiger partial charge in [-0.1, -0.05) is 29.8 Å². The first-order chi connectivity index (χ1) is 12.2. The summed E-state index contributed by atoms with van der Waals surface area (Å²) in [5, 5.41) is 0.649. The Morgan fingerprint density at radius 2 is 1.72 bits per heavy atom. The van der Waals surface area contributed by atoms with Crippen LogP contribution in [0.4, 0.5) is 5.69 Å². The highest BCUT2D eigenvalue weighted by atomic mass is 35.5. The number of hydrogen-bond acceptors (Lipinski definition) is 3. The summed E-state index contributed by atoms with van der Waals surface area (Å²) in [5.74, 6) is 0.872. The number of hydrogen-bond donors (Lipinski definition) is 0. The highest BCUT2D eigenvalue weighted by Gasteiger charge is 2.19. The van der Waals surface area contributed by atoms with Crippen LogP contribution in [0.25, 0.3) is 6.08 Å². The maximum Gasteiger partial charge on any atom is 0.246 e. The van der Waals surface area contributed by atoms with Crippen molar-refractivity contribution in [2.45, 2.75) is 0 Å².